The molecule has 1 N–H and O–H groups in total. The Bertz CT molecular complexity index is 912. The van der Waals surface area contributed by atoms with Gasteiger partial charge < -0.3 is 19.5 Å². The Morgan fingerprint density at radius 3 is 2.52 bits per heavy atom. The van der Waals surface area contributed by atoms with Crippen LogP contribution in [0.15, 0.2) is 24.4 Å². The number of carbonyl (C=O) groups is 2. The molecule has 1 heterocycles. The number of benzene rings is 1. The summed E-state index contributed by atoms with van der Waals surface area (Å²) < 4.78 is 16.2. The Balaban J connectivity index is 1.74. The number of carbonyl (C=O) groups excluding carboxylic acids is 2. The van der Waals surface area contributed by atoms with Crippen molar-refractivity contribution in [3.8, 4) is 16.3 Å². The van der Waals surface area contributed by atoms with Crippen LogP contribution in [0.5, 0.6) is 5.75 Å². The van der Waals surface area contributed by atoms with E-state index in [9.17, 15) is 9.59 Å². The van der Waals surface area contributed by atoms with Gasteiger partial charge in [-0.1, -0.05) is 0 Å². The number of hydrogen-bond acceptors (Lipinski definition) is 7. The number of ether oxygens (including phenoxy) is 3. The maximum Gasteiger partial charge on any atom is 0.408 e. The van der Waals surface area contributed by atoms with Crippen LogP contribution in [0, 0.1) is 6.92 Å². The Morgan fingerprint density at radius 1 is 1.24 bits per heavy atom. The molecule has 1 aliphatic carbocycles. The molecule has 2 aromatic rings. The van der Waals surface area contributed by atoms with Crippen molar-refractivity contribution >= 4 is 23.4 Å². The molecule has 7 nitrogen and oxygen atoms in total. The second-order valence-corrected chi connectivity index (χ2v) is 9.44. The zero-order valence-corrected chi connectivity index (χ0v) is 18.1. The lowest BCUT2D eigenvalue weighted by atomic mass is 10.1. The zero-order chi connectivity index (χ0) is 21.2. The van der Waals surface area contributed by atoms with Crippen molar-refractivity contribution in [1.29, 1.82) is 0 Å². The van der Waals surface area contributed by atoms with Gasteiger partial charge >= 0.3 is 12.1 Å². The highest BCUT2D eigenvalue weighted by molar-refractivity contribution is 7.14. The van der Waals surface area contributed by atoms with Crippen molar-refractivity contribution in [2.45, 2.75) is 51.7 Å². The van der Waals surface area contributed by atoms with Gasteiger partial charge in [0.2, 0.25) is 0 Å². The number of nitrogens with zero attached hydrogens (tertiary/aromatic N) is 1. The van der Waals surface area contributed by atoms with Gasteiger partial charge in [-0.25, -0.2) is 14.6 Å². The summed E-state index contributed by atoms with van der Waals surface area (Å²) >= 11 is 1.53. The van der Waals surface area contributed by atoms with Crippen molar-refractivity contribution < 1.29 is 23.8 Å². The van der Waals surface area contributed by atoms with Gasteiger partial charge in [0, 0.05) is 16.6 Å². The summed E-state index contributed by atoms with van der Waals surface area (Å²) in [6.07, 6.45) is 2.94. The molecule has 1 aromatic carbocycles. The van der Waals surface area contributed by atoms with E-state index in [0.29, 0.717) is 11.3 Å². The average Bonchev–Trinajstić information content (AvgIpc) is 3.26. The molecule has 156 valence electrons. The molecule has 29 heavy (non-hydrogen) atoms. The molecule has 3 rings (SSSR count). The lowest BCUT2D eigenvalue weighted by Crippen LogP contribution is -2.44. The van der Waals surface area contributed by atoms with E-state index >= 15 is 0 Å². The van der Waals surface area contributed by atoms with Crippen LogP contribution in [-0.4, -0.2) is 41.9 Å². The fourth-order valence-corrected chi connectivity index (χ4v) is 3.48. The highest BCUT2D eigenvalue weighted by atomic mass is 32.1. The third-order valence-corrected chi connectivity index (χ3v) is 5.29. The van der Waals surface area contributed by atoms with Gasteiger partial charge in [0.05, 0.1) is 18.2 Å². The highest BCUT2D eigenvalue weighted by Gasteiger charge is 2.46. The Morgan fingerprint density at radius 2 is 1.97 bits per heavy atom. The molecule has 1 fully saturated rings. The standard InChI is InChI=1S/C21H26N2O5S/c1-13-11-22-17(29-13)14-8-15(18(24)26-5)10-16(9-14)27-12-21(6-7-21)23-19(25)28-20(2,3)4/h8-11H,6-7,12H2,1-5H3,(H,23,25). The average molecular weight is 419 g/mol. The van der Waals surface area contributed by atoms with Crippen LogP contribution >= 0.6 is 11.3 Å². The Kier molecular flexibility index (Phi) is 5.84. The van der Waals surface area contributed by atoms with Crippen molar-refractivity contribution in [3.63, 3.8) is 0 Å². The van der Waals surface area contributed by atoms with Gasteiger partial charge in [-0.05, 0) is 58.7 Å². The number of amides is 1. The van der Waals surface area contributed by atoms with E-state index in [0.717, 1.165) is 28.3 Å². The molecule has 0 bridgehead atoms. The van der Waals surface area contributed by atoms with E-state index in [4.69, 9.17) is 14.2 Å². The van der Waals surface area contributed by atoms with Crippen LogP contribution in [-0.2, 0) is 9.47 Å². The summed E-state index contributed by atoms with van der Waals surface area (Å²) in [6, 6.07) is 5.22. The highest BCUT2D eigenvalue weighted by Crippen LogP contribution is 2.37. The van der Waals surface area contributed by atoms with Gasteiger partial charge in [0.1, 0.15) is 23.0 Å². The normalized spacial score (nSPS) is 14.8. The summed E-state index contributed by atoms with van der Waals surface area (Å²) in [4.78, 5) is 29.6. The lowest BCUT2D eigenvalue weighted by Gasteiger charge is -2.23. The molecule has 1 aliphatic rings. The SMILES string of the molecule is COC(=O)c1cc(OCC2(NC(=O)OC(C)(C)C)CC2)cc(-c2ncc(C)s2)c1. The van der Waals surface area contributed by atoms with Gasteiger partial charge in [-0.15, -0.1) is 11.3 Å². The fourth-order valence-electron chi connectivity index (χ4n) is 2.73. The number of thiazole rings is 1. The van der Waals surface area contributed by atoms with E-state index in [-0.39, 0.29) is 6.61 Å². The van der Waals surface area contributed by atoms with Crippen LogP contribution in [0.1, 0.15) is 48.8 Å². The number of aryl methyl sites for hydroxylation is 1. The number of nitrogens with one attached hydrogen (secondary N) is 1. The van der Waals surface area contributed by atoms with Gasteiger partial charge in [-0.2, -0.15) is 0 Å². The molecular formula is C21H26N2O5S. The first-order valence-corrected chi connectivity index (χ1v) is 10.2. The van der Waals surface area contributed by atoms with E-state index in [1.807, 2.05) is 33.8 Å². The van der Waals surface area contributed by atoms with Crippen LogP contribution in [0.25, 0.3) is 10.6 Å². The van der Waals surface area contributed by atoms with Crippen LogP contribution < -0.4 is 10.1 Å². The number of methoxy groups -OCH3 is 1. The molecule has 1 amide bonds. The molecule has 0 unspecified atom stereocenters. The second kappa shape index (κ2) is 8.02. The molecule has 0 aliphatic heterocycles. The van der Waals surface area contributed by atoms with E-state index in [1.165, 1.54) is 18.4 Å². The fraction of sp³-hybridized carbons (Fsp3) is 0.476. The van der Waals surface area contributed by atoms with Crippen molar-refractivity contribution in [3.05, 3.63) is 34.8 Å². The molecule has 0 radical (unpaired) electrons. The molecule has 0 atom stereocenters. The Labute approximate surface area is 174 Å². The summed E-state index contributed by atoms with van der Waals surface area (Å²) in [7, 11) is 1.34. The first-order chi connectivity index (χ1) is 13.6. The minimum Gasteiger partial charge on any atom is -0.491 e. The quantitative estimate of drug-likeness (QED) is 0.702. The summed E-state index contributed by atoms with van der Waals surface area (Å²) in [5, 5.41) is 3.70. The number of hydrogen-bond donors (Lipinski definition) is 1. The van der Waals surface area contributed by atoms with Crippen molar-refractivity contribution in [1.82, 2.24) is 10.3 Å². The van der Waals surface area contributed by atoms with Crippen LogP contribution in [0.3, 0.4) is 0 Å². The number of aromatic nitrogens is 1. The van der Waals surface area contributed by atoms with Crippen molar-refractivity contribution in [2.75, 3.05) is 13.7 Å². The first-order valence-electron chi connectivity index (χ1n) is 9.39. The number of rotatable bonds is 6. The smallest absolute Gasteiger partial charge is 0.408 e. The van der Waals surface area contributed by atoms with E-state index in [2.05, 4.69) is 10.3 Å². The van der Waals surface area contributed by atoms with Crippen molar-refractivity contribution in [2.24, 2.45) is 0 Å². The maximum absolute atomic E-state index is 12.1. The molecule has 0 saturated heterocycles. The monoisotopic (exact) mass is 418 g/mol. The second-order valence-electron chi connectivity index (χ2n) is 8.21. The van der Waals surface area contributed by atoms with E-state index < -0.39 is 23.2 Å². The minimum atomic E-state index is -0.559. The molecule has 1 saturated carbocycles. The topological polar surface area (TPSA) is 86.8 Å². The maximum atomic E-state index is 12.1. The molecule has 0 spiro atoms. The third-order valence-electron chi connectivity index (χ3n) is 4.33. The first kappa shape index (κ1) is 21.1. The van der Waals surface area contributed by atoms with Gasteiger partial charge in [-0.3, -0.25) is 0 Å². The molecule has 1 aromatic heterocycles. The minimum absolute atomic E-state index is 0.285. The Hall–Kier alpha value is -2.61. The lowest BCUT2D eigenvalue weighted by molar-refractivity contribution is 0.0476. The van der Waals surface area contributed by atoms with Gasteiger partial charge in [0.25, 0.3) is 0 Å². The van der Waals surface area contributed by atoms with E-state index in [1.54, 1.807) is 18.3 Å². The predicted molar refractivity (Wildman–Crippen MR) is 110 cm³/mol. The zero-order valence-electron chi connectivity index (χ0n) is 17.3. The molecule has 8 heteroatoms. The van der Waals surface area contributed by atoms with Gasteiger partial charge in [0.15, 0.2) is 0 Å². The largest absolute Gasteiger partial charge is 0.491 e. The summed E-state index contributed by atoms with van der Waals surface area (Å²) in [5.41, 5.74) is 0.168. The summed E-state index contributed by atoms with van der Waals surface area (Å²) in [5.74, 6) is 0.0750. The van der Waals surface area contributed by atoms with Crippen LogP contribution in [0.2, 0.25) is 0 Å². The number of esters is 1. The van der Waals surface area contributed by atoms with Crippen LogP contribution in [0.4, 0.5) is 4.79 Å². The summed E-state index contributed by atoms with van der Waals surface area (Å²) in [6.45, 7) is 7.73. The predicted octanol–water partition coefficient (Wildman–Crippen LogP) is 4.34. The third kappa shape index (κ3) is 5.69. The molecular weight excluding hydrogens is 392 g/mol. The number of alkyl carbamates (subject to hydrolysis) is 1.